The van der Waals surface area contributed by atoms with Crippen molar-refractivity contribution in [3.05, 3.63) is 23.8 Å². The Labute approximate surface area is 113 Å². The zero-order valence-electron chi connectivity index (χ0n) is 10.6. The molecule has 0 unspecified atom stereocenters. The SMILES string of the molecule is COc1ccc([C@H](N)[C@H](O)C2CC2)cc1OC.Cl. The van der Waals surface area contributed by atoms with Crippen molar-refractivity contribution < 1.29 is 14.6 Å². The highest BCUT2D eigenvalue weighted by Gasteiger charge is 2.34. The fraction of sp³-hybridized carbons (Fsp3) is 0.538. The summed E-state index contributed by atoms with van der Waals surface area (Å²) >= 11 is 0. The number of rotatable bonds is 5. The largest absolute Gasteiger partial charge is 0.493 e. The highest BCUT2D eigenvalue weighted by Crippen LogP contribution is 2.38. The van der Waals surface area contributed by atoms with Crippen LogP contribution in [-0.2, 0) is 0 Å². The summed E-state index contributed by atoms with van der Waals surface area (Å²) in [5, 5.41) is 10.0. The summed E-state index contributed by atoms with van der Waals surface area (Å²) in [4.78, 5) is 0. The van der Waals surface area contributed by atoms with Crippen molar-refractivity contribution in [1.82, 2.24) is 0 Å². The molecule has 1 aromatic carbocycles. The van der Waals surface area contributed by atoms with E-state index in [4.69, 9.17) is 15.2 Å². The van der Waals surface area contributed by atoms with Crippen LogP contribution in [0.15, 0.2) is 18.2 Å². The third-order valence-electron chi connectivity index (χ3n) is 3.27. The van der Waals surface area contributed by atoms with Crippen molar-refractivity contribution in [1.29, 1.82) is 0 Å². The second kappa shape index (κ2) is 6.27. The highest BCUT2D eigenvalue weighted by atomic mass is 35.5. The molecule has 4 nitrogen and oxygen atoms in total. The van der Waals surface area contributed by atoms with Crippen molar-refractivity contribution in [3.63, 3.8) is 0 Å². The number of nitrogens with two attached hydrogens (primary N) is 1. The van der Waals surface area contributed by atoms with Gasteiger partial charge < -0.3 is 20.3 Å². The number of methoxy groups -OCH3 is 2. The van der Waals surface area contributed by atoms with Gasteiger partial charge in [-0.2, -0.15) is 0 Å². The molecular weight excluding hydrogens is 254 g/mol. The van der Waals surface area contributed by atoms with Crippen molar-refractivity contribution in [2.24, 2.45) is 11.7 Å². The Morgan fingerprint density at radius 2 is 1.83 bits per heavy atom. The number of halogens is 1. The first kappa shape index (κ1) is 15.1. The summed E-state index contributed by atoms with van der Waals surface area (Å²) in [5.74, 6) is 1.67. The first-order chi connectivity index (χ1) is 8.17. The Morgan fingerprint density at radius 3 is 2.33 bits per heavy atom. The smallest absolute Gasteiger partial charge is 0.161 e. The molecular formula is C13H20ClNO3. The van der Waals surface area contributed by atoms with E-state index < -0.39 is 6.10 Å². The molecule has 18 heavy (non-hydrogen) atoms. The summed E-state index contributed by atoms with van der Waals surface area (Å²) in [6.07, 6.45) is 1.68. The Bertz CT molecular complexity index is 396. The number of hydrogen-bond acceptors (Lipinski definition) is 4. The highest BCUT2D eigenvalue weighted by molar-refractivity contribution is 5.85. The van der Waals surface area contributed by atoms with Crippen LogP contribution in [0.2, 0.25) is 0 Å². The molecule has 1 aromatic rings. The number of aliphatic hydroxyl groups is 1. The Hall–Kier alpha value is -0.970. The second-order valence-corrected chi connectivity index (χ2v) is 4.47. The molecule has 102 valence electrons. The lowest BCUT2D eigenvalue weighted by Gasteiger charge is -2.20. The Kier molecular flexibility index (Phi) is 5.26. The van der Waals surface area contributed by atoms with Gasteiger partial charge in [-0.1, -0.05) is 6.07 Å². The number of aliphatic hydroxyl groups excluding tert-OH is 1. The van der Waals surface area contributed by atoms with Crippen LogP contribution >= 0.6 is 12.4 Å². The van der Waals surface area contributed by atoms with Gasteiger partial charge in [0.25, 0.3) is 0 Å². The van der Waals surface area contributed by atoms with Gasteiger partial charge in [0.2, 0.25) is 0 Å². The lowest BCUT2D eigenvalue weighted by molar-refractivity contribution is 0.122. The molecule has 3 N–H and O–H groups in total. The summed E-state index contributed by atoms with van der Waals surface area (Å²) in [7, 11) is 3.18. The van der Waals surface area contributed by atoms with Crippen molar-refractivity contribution in [3.8, 4) is 11.5 Å². The minimum Gasteiger partial charge on any atom is -0.493 e. The molecule has 0 radical (unpaired) electrons. The predicted octanol–water partition coefficient (Wildman–Crippen LogP) is 1.90. The molecule has 0 amide bonds. The zero-order chi connectivity index (χ0) is 12.4. The van der Waals surface area contributed by atoms with Gasteiger partial charge in [-0.25, -0.2) is 0 Å². The first-order valence-corrected chi connectivity index (χ1v) is 5.83. The minimum absolute atomic E-state index is 0. The van der Waals surface area contributed by atoms with E-state index >= 15 is 0 Å². The van der Waals surface area contributed by atoms with Crippen molar-refractivity contribution in [2.75, 3.05) is 14.2 Å². The maximum Gasteiger partial charge on any atom is 0.161 e. The van der Waals surface area contributed by atoms with Crippen LogP contribution in [0.1, 0.15) is 24.4 Å². The number of hydrogen-bond donors (Lipinski definition) is 2. The predicted molar refractivity (Wildman–Crippen MR) is 72.5 cm³/mol. The third-order valence-corrected chi connectivity index (χ3v) is 3.27. The van der Waals surface area contributed by atoms with E-state index in [9.17, 15) is 5.11 Å². The Morgan fingerprint density at radius 1 is 1.22 bits per heavy atom. The molecule has 0 saturated heterocycles. The van der Waals surface area contributed by atoms with E-state index in [2.05, 4.69) is 0 Å². The molecule has 0 bridgehead atoms. The van der Waals surface area contributed by atoms with E-state index in [1.165, 1.54) is 0 Å². The summed E-state index contributed by atoms with van der Waals surface area (Å²) in [5.41, 5.74) is 6.93. The van der Waals surface area contributed by atoms with Crippen LogP contribution < -0.4 is 15.2 Å². The molecule has 0 heterocycles. The fourth-order valence-electron chi connectivity index (χ4n) is 1.99. The summed E-state index contributed by atoms with van der Waals surface area (Å²) in [6.45, 7) is 0. The molecule has 1 aliphatic carbocycles. The van der Waals surface area contributed by atoms with E-state index in [1.807, 2.05) is 18.2 Å². The van der Waals surface area contributed by atoms with Gasteiger partial charge in [0, 0.05) is 0 Å². The first-order valence-electron chi connectivity index (χ1n) is 5.83. The van der Waals surface area contributed by atoms with E-state index in [0.717, 1.165) is 18.4 Å². The third kappa shape index (κ3) is 3.07. The van der Waals surface area contributed by atoms with Crippen LogP contribution in [0.5, 0.6) is 11.5 Å². The number of benzene rings is 1. The van der Waals surface area contributed by atoms with Gasteiger partial charge in [0.15, 0.2) is 11.5 Å². The van der Waals surface area contributed by atoms with Crippen LogP contribution in [0.4, 0.5) is 0 Å². The quantitative estimate of drug-likeness (QED) is 0.860. The van der Waals surface area contributed by atoms with Crippen LogP contribution in [0.3, 0.4) is 0 Å². The van der Waals surface area contributed by atoms with Gasteiger partial charge in [0.05, 0.1) is 26.4 Å². The monoisotopic (exact) mass is 273 g/mol. The molecule has 2 atom stereocenters. The molecule has 0 spiro atoms. The molecule has 0 aliphatic heterocycles. The van der Waals surface area contributed by atoms with E-state index in [-0.39, 0.29) is 18.4 Å². The maximum absolute atomic E-state index is 10.0. The van der Waals surface area contributed by atoms with Crippen molar-refractivity contribution in [2.45, 2.75) is 25.0 Å². The topological polar surface area (TPSA) is 64.7 Å². The Balaban J connectivity index is 0.00000162. The maximum atomic E-state index is 10.0. The normalized spacial score (nSPS) is 17.6. The van der Waals surface area contributed by atoms with Crippen molar-refractivity contribution >= 4 is 12.4 Å². The second-order valence-electron chi connectivity index (χ2n) is 4.47. The fourth-order valence-corrected chi connectivity index (χ4v) is 1.99. The van der Waals surface area contributed by atoms with E-state index in [1.54, 1.807) is 14.2 Å². The van der Waals surface area contributed by atoms with Crippen LogP contribution in [0, 0.1) is 5.92 Å². The van der Waals surface area contributed by atoms with Gasteiger partial charge in [-0.15, -0.1) is 12.4 Å². The average Bonchev–Trinajstić information content (AvgIpc) is 3.20. The summed E-state index contributed by atoms with van der Waals surface area (Å²) in [6, 6.07) is 5.16. The van der Waals surface area contributed by atoms with Crippen LogP contribution in [0.25, 0.3) is 0 Å². The van der Waals surface area contributed by atoms with Crippen LogP contribution in [-0.4, -0.2) is 25.4 Å². The van der Waals surface area contributed by atoms with Gasteiger partial charge in [-0.05, 0) is 36.5 Å². The van der Waals surface area contributed by atoms with Gasteiger partial charge in [-0.3, -0.25) is 0 Å². The molecule has 5 heteroatoms. The summed E-state index contributed by atoms with van der Waals surface area (Å²) < 4.78 is 10.4. The lowest BCUT2D eigenvalue weighted by atomic mass is 9.99. The number of ether oxygens (including phenoxy) is 2. The average molecular weight is 274 g/mol. The molecule has 0 aromatic heterocycles. The zero-order valence-corrected chi connectivity index (χ0v) is 11.4. The van der Waals surface area contributed by atoms with Gasteiger partial charge in [0.1, 0.15) is 0 Å². The minimum atomic E-state index is -0.465. The standard InChI is InChI=1S/C13H19NO3.ClH/c1-16-10-6-5-9(7-11(10)17-2)12(14)13(15)8-3-4-8;/h5-8,12-13,15H,3-4,14H2,1-2H3;1H/t12-,13+;/m0./s1. The molecule has 1 fully saturated rings. The molecule has 2 rings (SSSR count). The molecule has 1 aliphatic rings. The lowest BCUT2D eigenvalue weighted by Crippen LogP contribution is -2.27. The van der Waals surface area contributed by atoms with Gasteiger partial charge >= 0.3 is 0 Å². The molecule has 1 saturated carbocycles. The van der Waals surface area contributed by atoms with E-state index in [0.29, 0.717) is 17.4 Å².